The van der Waals surface area contributed by atoms with E-state index in [1.807, 2.05) is 31.2 Å². The minimum atomic E-state index is -2.12. The molecule has 0 aromatic heterocycles. The number of allylic oxidation sites excluding steroid dienone is 2. The van der Waals surface area contributed by atoms with Gasteiger partial charge >= 0.3 is 11.9 Å². The molecule has 1 aromatic carbocycles. The van der Waals surface area contributed by atoms with Crippen molar-refractivity contribution in [2.24, 2.45) is 17.8 Å². The van der Waals surface area contributed by atoms with Crippen molar-refractivity contribution in [2.45, 2.75) is 161 Å². The van der Waals surface area contributed by atoms with Crippen LogP contribution in [-0.4, -0.2) is 66.2 Å². The molecule has 51 heavy (non-hydrogen) atoms. The summed E-state index contributed by atoms with van der Waals surface area (Å²) in [7, 11) is -2.58. The van der Waals surface area contributed by atoms with Crippen LogP contribution in [0.1, 0.15) is 93.9 Å². The van der Waals surface area contributed by atoms with Crippen LogP contribution >= 0.6 is 0 Å². The van der Waals surface area contributed by atoms with Crippen LogP contribution < -0.4 is 9.47 Å². The minimum Gasteiger partial charge on any atom is -0.493 e. The van der Waals surface area contributed by atoms with Gasteiger partial charge in [0.15, 0.2) is 34.2 Å². The van der Waals surface area contributed by atoms with Crippen LogP contribution in [0.4, 0.5) is 0 Å². The third-order valence-electron chi connectivity index (χ3n) is 12.2. The van der Waals surface area contributed by atoms with Crippen molar-refractivity contribution in [1.82, 2.24) is 0 Å². The Hall–Kier alpha value is -2.41. The number of hydrogen-bond donors (Lipinski definition) is 0. The van der Waals surface area contributed by atoms with Crippen LogP contribution in [0.25, 0.3) is 0 Å². The van der Waals surface area contributed by atoms with E-state index in [-0.39, 0.29) is 58.1 Å². The molecule has 0 spiro atoms. The average Bonchev–Trinajstić information content (AvgIpc) is 3.01. The van der Waals surface area contributed by atoms with E-state index in [2.05, 4.69) is 92.9 Å². The third kappa shape index (κ3) is 10.2. The van der Waals surface area contributed by atoms with Gasteiger partial charge in [-0.1, -0.05) is 85.8 Å². The zero-order chi connectivity index (χ0) is 37.9. The maximum atomic E-state index is 14.0. The number of fused-ring (bicyclic) bond motifs is 1. The van der Waals surface area contributed by atoms with Crippen molar-refractivity contribution in [3.8, 4) is 11.5 Å². The molecule has 4 rings (SSSR count). The van der Waals surface area contributed by atoms with E-state index in [1.54, 1.807) is 7.11 Å². The Balaban J connectivity index is 1.58. The highest BCUT2D eigenvalue weighted by molar-refractivity contribution is 6.74. The molecule has 0 saturated carbocycles. The molecule has 1 unspecified atom stereocenters. The summed E-state index contributed by atoms with van der Waals surface area (Å²) in [5.74, 6) is 0.935. The summed E-state index contributed by atoms with van der Waals surface area (Å²) < 4.78 is 37.8. The topological polar surface area (TPSA) is 89.5 Å². The summed E-state index contributed by atoms with van der Waals surface area (Å²) in [5.41, 5.74) is 1.16. The van der Waals surface area contributed by atoms with Gasteiger partial charge in [-0.3, -0.25) is 4.79 Å². The maximum Gasteiger partial charge on any atom is 0.347 e. The number of ether oxygens (including phenoxy) is 4. The molecule has 0 N–H and O–H groups in total. The molecule has 10 heteroatoms. The summed E-state index contributed by atoms with van der Waals surface area (Å²) in [5, 5.41) is 0.0957. The lowest BCUT2D eigenvalue weighted by molar-refractivity contribution is -0.164. The Labute approximate surface area is 310 Å². The van der Waals surface area contributed by atoms with Crippen LogP contribution in [0.15, 0.2) is 48.1 Å². The smallest absolute Gasteiger partial charge is 0.347 e. The molecule has 2 aliphatic carbocycles. The summed E-state index contributed by atoms with van der Waals surface area (Å²) in [6, 6.07) is 7.36. The molecule has 3 aliphatic rings. The van der Waals surface area contributed by atoms with Crippen LogP contribution in [0.3, 0.4) is 0 Å². The highest BCUT2D eigenvalue weighted by atomic mass is 28.4. The maximum absolute atomic E-state index is 14.0. The van der Waals surface area contributed by atoms with E-state index >= 15 is 0 Å². The van der Waals surface area contributed by atoms with E-state index in [1.165, 1.54) is 0 Å². The SMILES string of the molecule is CCC(Oc1ccccc1OC)C(=O)O[C@H]1C[C@H](O[Si](C)(C)C(C)(C)C)C=C2C=C[C@H](C)[C@H](CC[C@@H]3C[C@@H](O[Si](C)(C)C(C)(C)C)CC(=O)O3)[C@H]21. The third-order valence-corrected chi connectivity index (χ3v) is 21.2. The first kappa shape index (κ1) is 41.4. The number of cyclic esters (lactones) is 1. The van der Waals surface area contributed by atoms with Crippen LogP contribution in [0.2, 0.25) is 36.3 Å². The Morgan fingerprint density at radius 1 is 0.941 bits per heavy atom. The fourth-order valence-electron chi connectivity index (χ4n) is 7.08. The second-order valence-electron chi connectivity index (χ2n) is 18.0. The number of esters is 2. The van der Waals surface area contributed by atoms with Gasteiger partial charge in [0.25, 0.3) is 0 Å². The van der Waals surface area contributed by atoms with Gasteiger partial charge in [-0.2, -0.15) is 0 Å². The van der Waals surface area contributed by atoms with Gasteiger partial charge in [0.2, 0.25) is 0 Å². The fourth-order valence-corrected chi connectivity index (χ4v) is 9.72. The second-order valence-corrected chi connectivity index (χ2v) is 27.5. The van der Waals surface area contributed by atoms with Gasteiger partial charge in [-0.25, -0.2) is 4.79 Å². The second kappa shape index (κ2) is 16.3. The number of hydrogen-bond acceptors (Lipinski definition) is 8. The van der Waals surface area contributed by atoms with Gasteiger partial charge in [0.05, 0.1) is 25.7 Å². The minimum absolute atomic E-state index is 0.0180. The predicted molar refractivity (Wildman–Crippen MR) is 208 cm³/mol. The lowest BCUT2D eigenvalue weighted by Crippen LogP contribution is -2.49. The molecule has 1 aliphatic heterocycles. The van der Waals surface area contributed by atoms with Crippen molar-refractivity contribution in [1.29, 1.82) is 0 Å². The average molecular weight is 743 g/mol. The zero-order valence-corrected chi connectivity index (χ0v) is 35.7. The fraction of sp³-hybridized carbons (Fsp3) is 0.707. The molecule has 1 fully saturated rings. The molecule has 0 amide bonds. The predicted octanol–water partition coefficient (Wildman–Crippen LogP) is 9.80. The van der Waals surface area contributed by atoms with E-state index in [9.17, 15) is 9.59 Å². The van der Waals surface area contributed by atoms with Crippen LogP contribution in [0.5, 0.6) is 11.5 Å². The number of carbonyl (C=O) groups is 2. The first-order valence-corrected chi connectivity index (χ1v) is 24.9. The summed E-state index contributed by atoms with van der Waals surface area (Å²) in [6.45, 7) is 26.6. The molecule has 286 valence electrons. The molecule has 1 heterocycles. The number of carbonyl (C=O) groups excluding carboxylic acids is 2. The lowest BCUT2D eigenvalue weighted by Gasteiger charge is -2.46. The molecule has 1 aromatic rings. The lowest BCUT2D eigenvalue weighted by atomic mass is 9.66. The number of rotatable bonds is 13. The van der Waals surface area contributed by atoms with Gasteiger partial charge < -0.3 is 27.8 Å². The van der Waals surface area contributed by atoms with Gasteiger partial charge in [0.1, 0.15) is 12.2 Å². The van der Waals surface area contributed by atoms with E-state index in [0.29, 0.717) is 37.2 Å². The quantitative estimate of drug-likeness (QED) is 0.146. The Morgan fingerprint density at radius 2 is 1.57 bits per heavy atom. The molecule has 1 saturated heterocycles. The zero-order valence-electron chi connectivity index (χ0n) is 33.7. The summed E-state index contributed by atoms with van der Waals surface area (Å²) in [4.78, 5) is 26.8. The van der Waals surface area contributed by atoms with E-state index < -0.39 is 28.8 Å². The van der Waals surface area contributed by atoms with Crippen molar-refractivity contribution < 1.29 is 37.4 Å². The van der Waals surface area contributed by atoms with Crippen molar-refractivity contribution in [3.05, 3.63) is 48.1 Å². The number of benzene rings is 1. The van der Waals surface area contributed by atoms with Crippen molar-refractivity contribution in [2.75, 3.05) is 7.11 Å². The van der Waals surface area contributed by atoms with E-state index in [4.69, 9.17) is 27.8 Å². The van der Waals surface area contributed by atoms with Gasteiger partial charge in [-0.15, -0.1) is 0 Å². The summed E-state index contributed by atoms with van der Waals surface area (Å²) >= 11 is 0. The molecule has 8 atom stereocenters. The molecule has 8 nitrogen and oxygen atoms in total. The number of methoxy groups -OCH3 is 1. The standard InChI is InChI=1S/C41H66O8Si2/c1-14-33(46-35-18-16-15-17-34(35)44-9)39(43)47-36-25-30(48-50(10,11)40(3,4)5)23-28-20-19-27(2)32(38(28)36)22-21-29-24-31(26-37(42)45-29)49-51(12,13)41(6,7)8/h15-20,23,27,29-33,36,38H,14,21-22,24-26H2,1-13H3/t27-,29+,30+,31+,32-,33?,36-,38-/m0/s1. The normalized spacial score (nSPS) is 27.9. The molecule has 0 bridgehead atoms. The van der Waals surface area contributed by atoms with Crippen molar-refractivity contribution >= 4 is 28.6 Å². The Morgan fingerprint density at radius 3 is 2.18 bits per heavy atom. The largest absolute Gasteiger partial charge is 0.493 e. The van der Waals surface area contributed by atoms with Gasteiger partial charge in [0, 0.05) is 18.8 Å². The monoisotopic (exact) mass is 742 g/mol. The summed E-state index contributed by atoms with van der Waals surface area (Å²) in [6.07, 6.45) is 8.68. The van der Waals surface area contributed by atoms with Crippen LogP contribution in [-0.2, 0) is 27.9 Å². The molecule has 0 radical (unpaired) electrons. The highest BCUT2D eigenvalue weighted by Gasteiger charge is 2.47. The highest BCUT2D eigenvalue weighted by Crippen LogP contribution is 2.47. The Kier molecular flexibility index (Phi) is 13.2. The molecular weight excluding hydrogens is 677 g/mol. The van der Waals surface area contributed by atoms with Crippen molar-refractivity contribution in [3.63, 3.8) is 0 Å². The first-order chi connectivity index (χ1) is 23.7. The van der Waals surface area contributed by atoms with Gasteiger partial charge in [-0.05, 0) is 85.1 Å². The Bertz CT molecular complexity index is 1420. The van der Waals surface area contributed by atoms with E-state index in [0.717, 1.165) is 18.4 Å². The van der Waals surface area contributed by atoms with Crippen LogP contribution in [0, 0.1) is 17.8 Å². The first-order valence-electron chi connectivity index (χ1n) is 19.1. The number of para-hydroxylation sites is 2. The molecular formula is C41H66O8Si2.